The second kappa shape index (κ2) is 15.3. The lowest BCUT2D eigenvalue weighted by Gasteiger charge is -2.44. The molecule has 0 bridgehead atoms. The summed E-state index contributed by atoms with van der Waals surface area (Å²) >= 11 is 0. The monoisotopic (exact) mass is 788 g/mol. The smallest absolute Gasteiger partial charge is 0.265 e. The summed E-state index contributed by atoms with van der Waals surface area (Å²) in [6, 6.07) is 18.2. The number of aromatic nitrogens is 2. The van der Waals surface area contributed by atoms with Crippen molar-refractivity contribution in [2.24, 2.45) is 11.8 Å². The molecule has 0 radical (unpaired) electrons. The summed E-state index contributed by atoms with van der Waals surface area (Å²) in [5, 5.41) is 30.7. The molecule has 2 N–H and O–H groups in total. The summed E-state index contributed by atoms with van der Waals surface area (Å²) < 4.78 is 22.8. The molecule has 2 aromatic carbocycles. The summed E-state index contributed by atoms with van der Waals surface area (Å²) in [6.45, 7) is 3.70. The molecule has 4 heterocycles. The third kappa shape index (κ3) is 6.26. The first-order chi connectivity index (χ1) is 28.2. The Bertz CT molecular complexity index is 2110. The minimum Gasteiger partial charge on any atom is -0.470 e. The Morgan fingerprint density at radius 1 is 0.603 bits per heavy atom. The van der Waals surface area contributed by atoms with Gasteiger partial charge in [-0.3, -0.25) is 29.0 Å². The largest absolute Gasteiger partial charge is 0.470 e. The molecule has 0 amide bonds. The number of ether oxygens (including phenoxy) is 2. The highest BCUT2D eigenvalue weighted by Gasteiger charge is 2.63. The third-order valence-corrected chi connectivity index (χ3v) is 12.5. The number of nitrogens with zero attached hydrogens (tertiary/aromatic N) is 4. The molecule has 2 unspecified atom stereocenters. The molecule has 4 aromatic rings. The maximum Gasteiger partial charge on any atom is 0.265 e. The molecule has 4 aliphatic carbocycles. The van der Waals surface area contributed by atoms with Crippen LogP contribution in [-0.2, 0) is 22.8 Å². The van der Waals surface area contributed by atoms with E-state index in [1.165, 1.54) is 12.2 Å². The lowest BCUT2D eigenvalue weighted by atomic mass is 9.65. The SMILES string of the molecule is O=C1C=CCC2[C@H](N3CCCC3)c3onc(OCc4ccccc4)c3C(=O)[C@@]12O.O=C1C=CCC2[C@H](N3CCCC3)c3onc(OCc4ccccc4)c3C(=O)[C@]12O. The number of fused-ring (bicyclic) bond motifs is 4. The summed E-state index contributed by atoms with van der Waals surface area (Å²) in [7, 11) is 0. The number of hydrogen-bond acceptors (Lipinski definition) is 14. The number of Topliss-reactive ketones (excluding diaryl/α,β-unsaturated/α-hetero) is 2. The first kappa shape index (κ1) is 38.0. The van der Waals surface area contributed by atoms with Gasteiger partial charge < -0.3 is 28.7 Å². The van der Waals surface area contributed by atoms with Crippen molar-refractivity contribution in [3.05, 3.63) is 119 Å². The molecule has 6 atom stereocenters. The zero-order valence-electron chi connectivity index (χ0n) is 31.8. The van der Waals surface area contributed by atoms with Crippen LogP contribution < -0.4 is 9.47 Å². The van der Waals surface area contributed by atoms with Crippen LogP contribution in [0.4, 0.5) is 0 Å². The van der Waals surface area contributed by atoms with Gasteiger partial charge in [0.25, 0.3) is 11.8 Å². The molecule has 2 saturated heterocycles. The van der Waals surface area contributed by atoms with Crippen LogP contribution in [0.1, 0.15) is 94.0 Å². The minimum absolute atomic E-state index is 0.0345. The van der Waals surface area contributed by atoms with E-state index >= 15 is 0 Å². The number of rotatable bonds is 8. The van der Waals surface area contributed by atoms with Gasteiger partial charge in [-0.2, -0.15) is 0 Å². The third-order valence-electron chi connectivity index (χ3n) is 12.5. The zero-order chi connectivity index (χ0) is 40.0. The van der Waals surface area contributed by atoms with Crippen molar-refractivity contribution >= 4 is 23.1 Å². The highest BCUT2D eigenvalue weighted by atomic mass is 16.5. The van der Waals surface area contributed by atoms with E-state index in [-0.39, 0.29) is 48.2 Å². The summed E-state index contributed by atoms with van der Waals surface area (Å²) in [4.78, 5) is 56.4. The predicted molar refractivity (Wildman–Crippen MR) is 205 cm³/mol. The summed E-state index contributed by atoms with van der Waals surface area (Å²) in [6.07, 6.45) is 11.0. The number of allylic oxidation sites excluding steroid dienone is 2. The Morgan fingerprint density at radius 2 is 0.983 bits per heavy atom. The zero-order valence-corrected chi connectivity index (χ0v) is 31.8. The average molecular weight is 789 g/mol. The Hall–Kier alpha value is -5.54. The van der Waals surface area contributed by atoms with E-state index in [1.54, 1.807) is 12.2 Å². The molecule has 0 saturated carbocycles. The number of likely N-dealkylation sites (tertiary alicyclic amines) is 2. The van der Waals surface area contributed by atoms with Crippen molar-refractivity contribution in [1.82, 2.24) is 20.1 Å². The first-order valence-electron chi connectivity index (χ1n) is 20.0. The number of ketones is 4. The van der Waals surface area contributed by atoms with Crippen LogP contribution in [0.3, 0.4) is 0 Å². The van der Waals surface area contributed by atoms with Crippen molar-refractivity contribution in [3.8, 4) is 11.8 Å². The van der Waals surface area contributed by atoms with Gasteiger partial charge in [-0.05, 0) is 98.3 Å². The van der Waals surface area contributed by atoms with Crippen molar-refractivity contribution in [1.29, 1.82) is 0 Å². The van der Waals surface area contributed by atoms with Gasteiger partial charge in [0.05, 0.1) is 12.1 Å². The highest BCUT2D eigenvalue weighted by molar-refractivity contribution is 6.24. The molecular formula is C44H44N4O10. The van der Waals surface area contributed by atoms with Gasteiger partial charge >= 0.3 is 0 Å². The highest BCUT2D eigenvalue weighted by Crippen LogP contribution is 2.52. The van der Waals surface area contributed by atoms with Gasteiger partial charge in [-0.1, -0.05) is 72.8 Å². The quantitative estimate of drug-likeness (QED) is 0.229. The van der Waals surface area contributed by atoms with Crippen molar-refractivity contribution in [3.63, 3.8) is 0 Å². The number of carbonyl (C=O) groups is 4. The predicted octanol–water partition coefficient (Wildman–Crippen LogP) is 4.93. The maximum atomic E-state index is 13.3. The van der Waals surface area contributed by atoms with E-state index in [9.17, 15) is 29.4 Å². The lowest BCUT2D eigenvalue weighted by molar-refractivity contribution is -0.138. The first-order valence-corrected chi connectivity index (χ1v) is 20.0. The Morgan fingerprint density at radius 3 is 1.36 bits per heavy atom. The molecule has 300 valence electrons. The Kier molecular flexibility index (Phi) is 10.0. The normalized spacial score (nSPS) is 29.0. The van der Waals surface area contributed by atoms with E-state index in [4.69, 9.17) is 18.5 Å². The van der Waals surface area contributed by atoms with Gasteiger partial charge in [-0.25, -0.2) is 0 Å². The van der Waals surface area contributed by atoms with E-state index in [0.717, 1.165) is 63.0 Å². The maximum absolute atomic E-state index is 13.3. The minimum atomic E-state index is -2.11. The van der Waals surface area contributed by atoms with Gasteiger partial charge in [0, 0.05) is 11.8 Å². The number of benzene rings is 2. The van der Waals surface area contributed by atoms with Crippen LogP contribution in [0.25, 0.3) is 0 Å². The van der Waals surface area contributed by atoms with E-state index in [1.807, 2.05) is 60.7 Å². The van der Waals surface area contributed by atoms with Crippen molar-refractivity contribution < 1.29 is 47.9 Å². The second-order valence-corrected chi connectivity index (χ2v) is 15.8. The van der Waals surface area contributed by atoms with Crippen molar-refractivity contribution in [2.45, 2.75) is 75.0 Å². The summed E-state index contributed by atoms with van der Waals surface area (Å²) in [5.74, 6) is -2.82. The lowest BCUT2D eigenvalue weighted by Crippen LogP contribution is -2.60. The fourth-order valence-corrected chi connectivity index (χ4v) is 9.55. The molecule has 10 rings (SSSR count). The van der Waals surface area contributed by atoms with Crippen LogP contribution in [0.5, 0.6) is 11.8 Å². The topological polar surface area (TPSA) is 186 Å². The molecule has 6 aliphatic rings. The second-order valence-electron chi connectivity index (χ2n) is 15.8. The van der Waals surface area contributed by atoms with Gasteiger partial charge in [0.15, 0.2) is 34.3 Å². The fourth-order valence-electron chi connectivity index (χ4n) is 9.55. The molecule has 14 nitrogen and oxygen atoms in total. The van der Waals surface area contributed by atoms with Crippen LogP contribution in [0.2, 0.25) is 0 Å². The fraction of sp³-hybridized carbons (Fsp3) is 0.409. The molecule has 14 heteroatoms. The van der Waals surface area contributed by atoms with Crippen LogP contribution in [0, 0.1) is 11.8 Å². The van der Waals surface area contributed by atoms with Crippen molar-refractivity contribution in [2.75, 3.05) is 26.2 Å². The average Bonchev–Trinajstić information content (AvgIpc) is 4.09. The van der Waals surface area contributed by atoms with Gasteiger partial charge in [0.1, 0.15) is 24.3 Å². The van der Waals surface area contributed by atoms with Gasteiger partial charge in [-0.15, -0.1) is 0 Å². The molecule has 0 spiro atoms. The van der Waals surface area contributed by atoms with Crippen LogP contribution in [-0.4, -0.2) is 90.8 Å². The molecule has 2 aliphatic heterocycles. The van der Waals surface area contributed by atoms with E-state index in [0.29, 0.717) is 24.4 Å². The Balaban J connectivity index is 0.000000150. The van der Waals surface area contributed by atoms with Crippen LogP contribution in [0.15, 0.2) is 94.0 Å². The standard InChI is InChI=1S/2C22H22N2O5/c2*25-16-10-6-9-15-18(24-11-4-5-12-24)19-17(20(26)22(15,16)27)21(23-29-19)28-13-14-7-2-1-3-8-14/h2*1-3,6-8,10,15,18,27H,4-5,9,11-13H2/t15?,18-,22+;15?,18-,22-/m00/s1. The van der Waals surface area contributed by atoms with Crippen LogP contribution >= 0.6 is 0 Å². The van der Waals surface area contributed by atoms with E-state index < -0.39 is 46.2 Å². The number of carbonyl (C=O) groups excluding carboxylic acids is 4. The molecular weight excluding hydrogens is 745 g/mol. The van der Waals surface area contributed by atoms with Gasteiger partial charge in [0.2, 0.25) is 11.6 Å². The Labute approximate surface area is 334 Å². The molecule has 58 heavy (non-hydrogen) atoms. The summed E-state index contributed by atoms with van der Waals surface area (Å²) in [5.41, 5.74) is -2.19. The molecule has 2 aromatic heterocycles. The van der Waals surface area contributed by atoms with E-state index in [2.05, 4.69) is 20.1 Å². The number of aliphatic hydroxyl groups is 2. The number of hydrogen-bond donors (Lipinski definition) is 2. The molecule has 2 fully saturated rings.